The molecular weight excluding hydrogens is 190 g/mol. The first kappa shape index (κ1) is 9.92. The second kappa shape index (κ2) is 7.03. The number of rotatable bonds is 5. The van der Waals surface area contributed by atoms with Gasteiger partial charge in [-0.3, -0.25) is 0 Å². The van der Waals surface area contributed by atoms with E-state index in [2.05, 4.69) is 46.9 Å². The summed E-state index contributed by atoms with van der Waals surface area (Å²) in [6.45, 7) is 7.60. The van der Waals surface area contributed by atoms with Crippen LogP contribution in [0.3, 0.4) is 0 Å². The summed E-state index contributed by atoms with van der Waals surface area (Å²) in [7, 11) is 0. The smallest absolute Gasteiger partial charge is 0.0268 e. The van der Waals surface area contributed by atoms with Crippen molar-refractivity contribution in [2.75, 3.05) is 13.1 Å². The number of allylic oxidation sites excluding steroid dienone is 1. The van der Waals surface area contributed by atoms with Crippen molar-refractivity contribution in [3.8, 4) is 0 Å². The largest absolute Gasteiger partial charge is 0.309 e. The van der Waals surface area contributed by atoms with Crippen LogP contribution in [0.5, 0.6) is 0 Å². The van der Waals surface area contributed by atoms with Crippen molar-refractivity contribution in [1.82, 2.24) is 5.32 Å². The van der Waals surface area contributed by atoms with E-state index >= 15 is 0 Å². The Morgan fingerprint density at radius 1 is 1.60 bits per heavy atom. The third-order valence-electron chi connectivity index (χ3n) is 0.981. The Balaban J connectivity index is 3.05. The molecule has 0 aliphatic rings. The molecule has 0 radical (unpaired) electrons. The van der Waals surface area contributed by atoms with Crippen LogP contribution < -0.4 is 5.32 Å². The summed E-state index contributed by atoms with van der Waals surface area (Å²) in [5.74, 6) is 0. The van der Waals surface area contributed by atoms with Gasteiger partial charge >= 0.3 is 0 Å². The summed E-state index contributed by atoms with van der Waals surface area (Å²) in [6.07, 6.45) is 5.37. The second-order valence-corrected chi connectivity index (χ2v) is 3.15. The van der Waals surface area contributed by atoms with Crippen molar-refractivity contribution >= 4 is 15.9 Å². The summed E-state index contributed by atoms with van der Waals surface area (Å²) >= 11 is 3.26. The van der Waals surface area contributed by atoms with E-state index in [0.717, 1.165) is 24.0 Å². The lowest BCUT2D eigenvalue weighted by molar-refractivity contribution is 0.837. The topological polar surface area (TPSA) is 12.0 Å². The van der Waals surface area contributed by atoms with E-state index in [9.17, 15) is 0 Å². The third kappa shape index (κ3) is 7.92. The molecule has 1 N–H and O–H groups in total. The molecule has 0 spiro atoms. The van der Waals surface area contributed by atoms with Crippen LogP contribution in [0.4, 0.5) is 0 Å². The Bertz CT molecular complexity index is 118. The fourth-order valence-electron chi connectivity index (χ4n) is 0.541. The Hall–Kier alpha value is -0.0800. The molecule has 0 rings (SSSR count). The molecule has 10 heavy (non-hydrogen) atoms. The highest BCUT2D eigenvalue weighted by Crippen LogP contribution is 1.95. The van der Waals surface area contributed by atoms with E-state index in [-0.39, 0.29) is 0 Å². The fourth-order valence-corrected chi connectivity index (χ4v) is 0.739. The molecular formula is C8H14BrN. The molecule has 0 saturated carbocycles. The highest BCUT2D eigenvalue weighted by atomic mass is 79.9. The fraction of sp³-hybridized carbons (Fsp3) is 0.500. The minimum Gasteiger partial charge on any atom is -0.309 e. The van der Waals surface area contributed by atoms with Crippen LogP contribution in [0, 0.1) is 0 Å². The predicted octanol–water partition coefficient (Wildman–Crippen LogP) is 2.45. The maximum absolute atomic E-state index is 3.70. The molecule has 0 aliphatic heterocycles. The number of halogens is 1. The van der Waals surface area contributed by atoms with Crippen LogP contribution in [-0.2, 0) is 0 Å². The Kier molecular flexibility index (Phi) is 6.98. The molecule has 0 atom stereocenters. The molecule has 0 aliphatic carbocycles. The van der Waals surface area contributed by atoms with Crippen LogP contribution in [-0.4, -0.2) is 13.1 Å². The molecule has 0 unspecified atom stereocenters. The average molecular weight is 204 g/mol. The number of hydrogen-bond donors (Lipinski definition) is 1. The SMILES string of the molecule is C=C(Br)CNC/C=C/CC. The zero-order chi connectivity index (χ0) is 7.82. The highest BCUT2D eigenvalue weighted by molar-refractivity contribution is 9.11. The first-order chi connectivity index (χ1) is 4.77. The quantitative estimate of drug-likeness (QED) is 0.535. The van der Waals surface area contributed by atoms with E-state index in [1.165, 1.54) is 0 Å². The Morgan fingerprint density at radius 2 is 2.30 bits per heavy atom. The summed E-state index contributed by atoms with van der Waals surface area (Å²) in [4.78, 5) is 0. The lowest BCUT2D eigenvalue weighted by atomic mass is 10.4. The van der Waals surface area contributed by atoms with Gasteiger partial charge in [0, 0.05) is 17.6 Å². The molecule has 0 amide bonds. The zero-order valence-electron chi connectivity index (χ0n) is 6.36. The van der Waals surface area contributed by atoms with E-state index in [1.807, 2.05) is 0 Å². The molecule has 0 heterocycles. The van der Waals surface area contributed by atoms with Crippen LogP contribution >= 0.6 is 15.9 Å². The summed E-state index contributed by atoms with van der Waals surface area (Å²) in [5.41, 5.74) is 0. The van der Waals surface area contributed by atoms with Crippen molar-refractivity contribution in [2.45, 2.75) is 13.3 Å². The Morgan fingerprint density at radius 3 is 2.80 bits per heavy atom. The van der Waals surface area contributed by atoms with Crippen molar-refractivity contribution < 1.29 is 0 Å². The molecule has 58 valence electrons. The monoisotopic (exact) mass is 203 g/mol. The molecule has 0 aromatic carbocycles. The van der Waals surface area contributed by atoms with Gasteiger partial charge in [0.05, 0.1) is 0 Å². The van der Waals surface area contributed by atoms with Gasteiger partial charge in [0.15, 0.2) is 0 Å². The van der Waals surface area contributed by atoms with Gasteiger partial charge in [0.2, 0.25) is 0 Å². The molecule has 0 aromatic heterocycles. The maximum Gasteiger partial charge on any atom is 0.0268 e. The van der Waals surface area contributed by atoms with Crippen molar-refractivity contribution in [1.29, 1.82) is 0 Å². The van der Waals surface area contributed by atoms with Crippen molar-refractivity contribution in [3.05, 3.63) is 23.2 Å². The second-order valence-electron chi connectivity index (χ2n) is 2.03. The summed E-state index contributed by atoms with van der Waals surface area (Å²) < 4.78 is 0.998. The third-order valence-corrected chi connectivity index (χ3v) is 1.26. The van der Waals surface area contributed by atoms with Gasteiger partial charge in [-0.05, 0) is 6.42 Å². The van der Waals surface area contributed by atoms with Gasteiger partial charge in [-0.15, -0.1) is 0 Å². The summed E-state index contributed by atoms with van der Waals surface area (Å²) in [6, 6.07) is 0. The van der Waals surface area contributed by atoms with E-state index in [4.69, 9.17) is 0 Å². The minimum absolute atomic E-state index is 0.841. The van der Waals surface area contributed by atoms with Crippen LogP contribution in [0.25, 0.3) is 0 Å². The number of nitrogens with one attached hydrogen (secondary N) is 1. The van der Waals surface area contributed by atoms with E-state index in [0.29, 0.717) is 0 Å². The molecule has 0 bridgehead atoms. The molecule has 2 heteroatoms. The maximum atomic E-state index is 3.70. The van der Waals surface area contributed by atoms with Crippen LogP contribution in [0.15, 0.2) is 23.2 Å². The summed E-state index contributed by atoms with van der Waals surface area (Å²) in [5, 5.41) is 3.19. The lowest BCUT2D eigenvalue weighted by Gasteiger charge is -1.96. The van der Waals surface area contributed by atoms with Gasteiger partial charge in [-0.2, -0.15) is 0 Å². The zero-order valence-corrected chi connectivity index (χ0v) is 7.95. The molecule has 1 nitrogen and oxygen atoms in total. The molecule has 0 fully saturated rings. The average Bonchev–Trinajstić information content (AvgIpc) is 1.87. The minimum atomic E-state index is 0.841. The van der Waals surface area contributed by atoms with Crippen molar-refractivity contribution in [2.24, 2.45) is 0 Å². The van der Waals surface area contributed by atoms with E-state index < -0.39 is 0 Å². The number of hydrogen-bond acceptors (Lipinski definition) is 1. The molecule has 0 saturated heterocycles. The lowest BCUT2D eigenvalue weighted by Crippen LogP contribution is -2.14. The van der Waals surface area contributed by atoms with Crippen LogP contribution in [0.2, 0.25) is 0 Å². The molecule has 0 aromatic rings. The van der Waals surface area contributed by atoms with Gasteiger partial charge in [-0.1, -0.05) is 41.6 Å². The van der Waals surface area contributed by atoms with Gasteiger partial charge in [0.1, 0.15) is 0 Å². The first-order valence-corrected chi connectivity index (χ1v) is 4.25. The Labute approximate surface area is 71.3 Å². The predicted molar refractivity (Wildman–Crippen MR) is 50.4 cm³/mol. The van der Waals surface area contributed by atoms with Crippen molar-refractivity contribution in [3.63, 3.8) is 0 Å². The highest BCUT2D eigenvalue weighted by Gasteiger charge is 1.82. The standard InChI is InChI=1S/C8H14BrN/c1-3-4-5-6-10-7-8(2)9/h4-5,10H,2-3,6-7H2,1H3/b5-4+. The van der Waals surface area contributed by atoms with Gasteiger partial charge in [0.25, 0.3) is 0 Å². The van der Waals surface area contributed by atoms with Gasteiger partial charge in [-0.25, -0.2) is 0 Å². The van der Waals surface area contributed by atoms with E-state index in [1.54, 1.807) is 0 Å². The first-order valence-electron chi connectivity index (χ1n) is 3.46. The van der Waals surface area contributed by atoms with Gasteiger partial charge < -0.3 is 5.32 Å². The normalized spacial score (nSPS) is 10.6. The van der Waals surface area contributed by atoms with Crippen LogP contribution in [0.1, 0.15) is 13.3 Å².